The number of carbonyl (C=O) groups excluding carboxylic acids is 1. The first kappa shape index (κ1) is 14.0. The standard InChI is InChI=1S/C14H19FN2O2/c1-19-14(18)13-3-2-6-17(13)9-11-7-12(15)5-4-10(11)8-16/h4-5,7,13H,2-3,6,8-9,16H2,1H3. The largest absolute Gasteiger partial charge is 0.468 e. The van der Waals surface area contributed by atoms with E-state index in [1.54, 1.807) is 6.07 Å². The Bertz CT molecular complexity index is 465. The number of nitrogens with two attached hydrogens (primary N) is 1. The van der Waals surface area contributed by atoms with Crippen LogP contribution in [0.2, 0.25) is 0 Å². The number of ether oxygens (including phenoxy) is 1. The highest BCUT2D eigenvalue weighted by Crippen LogP contribution is 2.23. The van der Waals surface area contributed by atoms with E-state index in [4.69, 9.17) is 10.5 Å². The second-order valence-corrected chi connectivity index (χ2v) is 4.77. The molecule has 1 heterocycles. The van der Waals surface area contributed by atoms with Crippen molar-refractivity contribution in [2.24, 2.45) is 5.73 Å². The fourth-order valence-corrected chi connectivity index (χ4v) is 2.58. The maximum absolute atomic E-state index is 13.3. The molecule has 0 amide bonds. The van der Waals surface area contributed by atoms with Crippen molar-refractivity contribution in [1.82, 2.24) is 4.90 Å². The SMILES string of the molecule is COC(=O)C1CCCN1Cc1cc(F)ccc1CN. The monoisotopic (exact) mass is 266 g/mol. The highest BCUT2D eigenvalue weighted by molar-refractivity contribution is 5.76. The quantitative estimate of drug-likeness (QED) is 0.837. The van der Waals surface area contributed by atoms with Gasteiger partial charge in [0.1, 0.15) is 11.9 Å². The molecule has 4 nitrogen and oxygen atoms in total. The summed E-state index contributed by atoms with van der Waals surface area (Å²) in [7, 11) is 1.40. The van der Waals surface area contributed by atoms with Crippen LogP contribution in [0.4, 0.5) is 4.39 Å². The van der Waals surface area contributed by atoms with Crippen molar-refractivity contribution in [1.29, 1.82) is 0 Å². The zero-order chi connectivity index (χ0) is 13.8. The average Bonchev–Trinajstić information content (AvgIpc) is 2.86. The molecule has 5 heteroatoms. The molecular formula is C14H19FN2O2. The van der Waals surface area contributed by atoms with Crippen molar-refractivity contribution < 1.29 is 13.9 Å². The first-order valence-electron chi connectivity index (χ1n) is 6.45. The van der Waals surface area contributed by atoms with E-state index in [9.17, 15) is 9.18 Å². The van der Waals surface area contributed by atoms with E-state index < -0.39 is 0 Å². The molecule has 1 unspecified atom stereocenters. The predicted octanol–water partition coefficient (Wildman–Crippen LogP) is 1.42. The summed E-state index contributed by atoms with van der Waals surface area (Å²) in [6, 6.07) is 4.38. The molecule has 0 bridgehead atoms. The third-order valence-electron chi connectivity index (χ3n) is 3.60. The zero-order valence-electron chi connectivity index (χ0n) is 11.1. The lowest BCUT2D eigenvalue weighted by Gasteiger charge is -2.23. The van der Waals surface area contributed by atoms with Crippen molar-refractivity contribution in [3.63, 3.8) is 0 Å². The molecule has 0 spiro atoms. The highest BCUT2D eigenvalue weighted by atomic mass is 19.1. The molecule has 2 rings (SSSR count). The number of likely N-dealkylation sites (tertiary alicyclic amines) is 1. The molecule has 0 aromatic heterocycles. The van der Waals surface area contributed by atoms with Crippen LogP contribution < -0.4 is 5.73 Å². The number of methoxy groups -OCH3 is 1. The van der Waals surface area contributed by atoms with Crippen LogP contribution in [0.5, 0.6) is 0 Å². The summed E-state index contributed by atoms with van der Waals surface area (Å²) in [5, 5.41) is 0. The lowest BCUT2D eigenvalue weighted by atomic mass is 10.1. The van der Waals surface area contributed by atoms with Crippen molar-refractivity contribution in [2.45, 2.75) is 32.0 Å². The van der Waals surface area contributed by atoms with Gasteiger partial charge in [0.25, 0.3) is 0 Å². The third-order valence-corrected chi connectivity index (χ3v) is 3.60. The van der Waals surface area contributed by atoms with Gasteiger partial charge in [-0.1, -0.05) is 6.07 Å². The molecule has 1 aliphatic heterocycles. The van der Waals surface area contributed by atoms with Gasteiger partial charge >= 0.3 is 5.97 Å². The molecule has 1 atom stereocenters. The van der Waals surface area contributed by atoms with E-state index in [1.165, 1.54) is 19.2 Å². The lowest BCUT2D eigenvalue weighted by Crippen LogP contribution is -2.36. The molecule has 19 heavy (non-hydrogen) atoms. The Morgan fingerprint density at radius 2 is 2.32 bits per heavy atom. The molecule has 1 fully saturated rings. The van der Waals surface area contributed by atoms with Gasteiger partial charge in [0.2, 0.25) is 0 Å². The lowest BCUT2D eigenvalue weighted by molar-refractivity contribution is -0.146. The number of rotatable bonds is 4. The predicted molar refractivity (Wildman–Crippen MR) is 69.7 cm³/mol. The molecule has 1 aromatic carbocycles. The second-order valence-electron chi connectivity index (χ2n) is 4.77. The van der Waals surface area contributed by atoms with E-state index in [1.807, 2.05) is 4.90 Å². The van der Waals surface area contributed by atoms with Crippen molar-refractivity contribution in [3.05, 3.63) is 35.1 Å². The van der Waals surface area contributed by atoms with E-state index in [0.29, 0.717) is 13.1 Å². The first-order chi connectivity index (χ1) is 9.15. The topological polar surface area (TPSA) is 55.6 Å². The maximum atomic E-state index is 13.3. The zero-order valence-corrected chi connectivity index (χ0v) is 11.1. The fraction of sp³-hybridized carbons (Fsp3) is 0.500. The molecule has 2 N–H and O–H groups in total. The van der Waals surface area contributed by atoms with Crippen LogP contribution in [-0.4, -0.2) is 30.6 Å². The summed E-state index contributed by atoms with van der Waals surface area (Å²) in [4.78, 5) is 13.7. The first-order valence-corrected chi connectivity index (χ1v) is 6.45. The summed E-state index contributed by atoms with van der Waals surface area (Å²) in [6.45, 7) is 1.72. The van der Waals surface area contributed by atoms with Gasteiger partial charge in [0.15, 0.2) is 0 Å². The average molecular weight is 266 g/mol. The number of hydrogen-bond donors (Lipinski definition) is 1. The Labute approximate surface area is 112 Å². The molecule has 1 aliphatic rings. The number of hydrogen-bond acceptors (Lipinski definition) is 4. The number of esters is 1. The molecule has 0 saturated carbocycles. The molecule has 0 radical (unpaired) electrons. The fourth-order valence-electron chi connectivity index (χ4n) is 2.58. The number of carbonyl (C=O) groups is 1. The Morgan fingerprint density at radius 3 is 3.00 bits per heavy atom. The van der Waals surface area contributed by atoms with Gasteiger partial charge in [-0.15, -0.1) is 0 Å². The Morgan fingerprint density at radius 1 is 1.53 bits per heavy atom. The summed E-state index contributed by atoms with van der Waals surface area (Å²) in [5.41, 5.74) is 7.42. The van der Waals surface area contributed by atoms with Crippen molar-refractivity contribution in [2.75, 3.05) is 13.7 Å². The number of halogens is 1. The van der Waals surface area contributed by atoms with Gasteiger partial charge in [-0.25, -0.2) is 4.39 Å². The van der Waals surface area contributed by atoms with E-state index in [-0.39, 0.29) is 17.8 Å². The van der Waals surface area contributed by atoms with Crippen LogP contribution in [0.25, 0.3) is 0 Å². The molecular weight excluding hydrogens is 247 g/mol. The minimum Gasteiger partial charge on any atom is -0.468 e. The summed E-state index contributed by atoms with van der Waals surface area (Å²) >= 11 is 0. The summed E-state index contributed by atoms with van der Waals surface area (Å²) in [5.74, 6) is -0.496. The van der Waals surface area contributed by atoms with Crippen molar-refractivity contribution in [3.8, 4) is 0 Å². The van der Waals surface area contributed by atoms with Crippen LogP contribution in [0, 0.1) is 5.82 Å². The second kappa shape index (κ2) is 6.12. The van der Waals surface area contributed by atoms with Crippen LogP contribution in [0.1, 0.15) is 24.0 Å². The molecule has 0 aliphatic carbocycles. The molecule has 1 aromatic rings. The van der Waals surface area contributed by atoms with Crippen molar-refractivity contribution >= 4 is 5.97 Å². The minimum absolute atomic E-state index is 0.219. The van der Waals surface area contributed by atoms with E-state index in [0.717, 1.165) is 30.5 Å². The maximum Gasteiger partial charge on any atom is 0.323 e. The van der Waals surface area contributed by atoms with Gasteiger partial charge in [-0.2, -0.15) is 0 Å². The number of benzene rings is 1. The highest BCUT2D eigenvalue weighted by Gasteiger charge is 2.31. The smallest absolute Gasteiger partial charge is 0.323 e. The Balaban J connectivity index is 2.16. The van der Waals surface area contributed by atoms with Crippen LogP contribution in [0.15, 0.2) is 18.2 Å². The van der Waals surface area contributed by atoms with Gasteiger partial charge in [0.05, 0.1) is 7.11 Å². The normalized spacial score (nSPS) is 19.6. The Kier molecular flexibility index (Phi) is 4.50. The number of nitrogens with zero attached hydrogens (tertiary/aromatic N) is 1. The molecule has 104 valence electrons. The van der Waals surface area contributed by atoms with Gasteiger partial charge in [0, 0.05) is 13.1 Å². The Hall–Kier alpha value is -1.46. The van der Waals surface area contributed by atoms with Gasteiger partial charge < -0.3 is 10.5 Å². The summed E-state index contributed by atoms with van der Waals surface area (Å²) < 4.78 is 18.1. The van der Waals surface area contributed by atoms with E-state index in [2.05, 4.69) is 0 Å². The van der Waals surface area contributed by atoms with Crippen LogP contribution in [0.3, 0.4) is 0 Å². The van der Waals surface area contributed by atoms with Crippen LogP contribution >= 0.6 is 0 Å². The molecule has 1 saturated heterocycles. The minimum atomic E-state index is -0.277. The van der Waals surface area contributed by atoms with Gasteiger partial charge in [-0.05, 0) is 42.6 Å². The third kappa shape index (κ3) is 3.11. The van der Waals surface area contributed by atoms with E-state index >= 15 is 0 Å². The van der Waals surface area contributed by atoms with Gasteiger partial charge in [-0.3, -0.25) is 9.69 Å². The summed E-state index contributed by atoms with van der Waals surface area (Å²) in [6.07, 6.45) is 1.74. The van der Waals surface area contributed by atoms with Crippen LogP contribution in [-0.2, 0) is 22.6 Å².